The summed E-state index contributed by atoms with van der Waals surface area (Å²) in [6.07, 6.45) is 0.885. The van der Waals surface area contributed by atoms with Gasteiger partial charge in [-0.3, -0.25) is 14.5 Å². The second-order valence-corrected chi connectivity index (χ2v) is 5.62. The fourth-order valence-electron chi connectivity index (χ4n) is 2.58. The SMILES string of the molecule is CCc1ccccc1NC(=O)CN1CCN(C(=O)CCl)CC1. The first-order valence-corrected chi connectivity index (χ1v) is 8.11. The fraction of sp³-hybridized carbons (Fsp3) is 0.500. The largest absolute Gasteiger partial charge is 0.339 e. The van der Waals surface area contributed by atoms with Gasteiger partial charge in [-0.1, -0.05) is 25.1 Å². The molecule has 1 fully saturated rings. The average Bonchev–Trinajstić information content (AvgIpc) is 2.55. The molecule has 1 aliphatic heterocycles. The third kappa shape index (κ3) is 4.45. The van der Waals surface area contributed by atoms with Gasteiger partial charge in [-0.05, 0) is 18.1 Å². The molecule has 1 heterocycles. The first-order valence-electron chi connectivity index (χ1n) is 7.58. The molecule has 1 saturated heterocycles. The van der Waals surface area contributed by atoms with Crippen LogP contribution in [-0.2, 0) is 16.0 Å². The van der Waals surface area contributed by atoms with E-state index in [0.717, 1.165) is 17.7 Å². The van der Waals surface area contributed by atoms with Gasteiger partial charge >= 0.3 is 0 Å². The number of nitrogens with one attached hydrogen (secondary N) is 1. The van der Waals surface area contributed by atoms with E-state index in [1.807, 2.05) is 24.3 Å². The van der Waals surface area contributed by atoms with Crippen LogP contribution >= 0.6 is 11.6 Å². The summed E-state index contributed by atoms with van der Waals surface area (Å²) in [5.74, 6) is -0.0328. The van der Waals surface area contributed by atoms with Crippen molar-refractivity contribution < 1.29 is 9.59 Å². The Morgan fingerprint density at radius 2 is 1.86 bits per heavy atom. The first kappa shape index (κ1) is 16.8. The predicted molar refractivity (Wildman–Crippen MR) is 88.2 cm³/mol. The Labute approximate surface area is 136 Å². The Hall–Kier alpha value is -1.59. The van der Waals surface area contributed by atoms with Gasteiger partial charge in [-0.15, -0.1) is 11.6 Å². The number of benzene rings is 1. The van der Waals surface area contributed by atoms with Crippen molar-refractivity contribution in [1.82, 2.24) is 9.80 Å². The zero-order valence-electron chi connectivity index (χ0n) is 12.8. The van der Waals surface area contributed by atoms with Gasteiger partial charge in [-0.2, -0.15) is 0 Å². The summed E-state index contributed by atoms with van der Waals surface area (Å²) < 4.78 is 0. The van der Waals surface area contributed by atoms with Crippen molar-refractivity contribution in [3.63, 3.8) is 0 Å². The number of carbonyl (C=O) groups excluding carboxylic acids is 2. The van der Waals surface area contributed by atoms with Crippen LogP contribution in [0.25, 0.3) is 0 Å². The summed E-state index contributed by atoms with van der Waals surface area (Å²) in [5, 5.41) is 2.97. The third-order valence-corrected chi connectivity index (χ3v) is 4.11. The normalized spacial score (nSPS) is 15.6. The van der Waals surface area contributed by atoms with E-state index in [2.05, 4.69) is 17.1 Å². The van der Waals surface area contributed by atoms with E-state index in [1.165, 1.54) is 0 Å². The number of anilines is 1. The molecule has 120 valence electrons. The van der Waals surface area contributed by atoms with Gasteiger partial charge in [0, 0.05) is 31.9 Å². The molecule has 0 atom stereocenters. The molecule has 1 aromatic carbocycles. The van der Waals surface area contributed by atoms with E-state index < -0.39 is 0 Å². The molecule has 2 amide bonds. The van der Waals surface area contributed by atoms with Crippen molar-refractivity contribution in [2.75, 3.05) is 43.9 Å². The number of aryl methyl sites for hydroxylation is 1. The molecular weight excluding hydrogens is 302 g/mol. The topological polar surface area (TPSA) is 52.7 Å². The average molecular weight is 324 g/mol. The highest BCUT2D eigenvalue weighted by Gasteiger charge is 2.21. The van der Waals surface area contributed by atoms with Crippen LogP contribution in [0.2, 0.25) is 0 Å². The van der Waals surface area contributed by atoms with Crippen LogP contribution in [0.4, 0.5) is 5.69 Å². The highest BCUT2D eigenvalue weighted by molar-refractivity contribution is 6.27. The summed E-state index contributed by atoms with van der Waals surface area (Å²) in [7, 11) is 0. The molecule has 1 aromatic rings. The van der Waals surface area contributed by atoms with Crippen molar-refractivity contribution >= 4 is 29.1 Å². The Balaban J connectivity index is 1.82. The minimum absolute atomic E-state index is 0.0157. The Morgan fingerprint density at radius 3 is 2.50 bits per heavy atom. The lowest BCUT2D eigenvalue weighted by molar-refractivity contribution is -0.130. The number of halogens is 1. The molecule has 0 saturated carbocycles. The lowest BCUT2D eigenvalue weighted by Gasteiger charge is -2.34. The van der Waals surface area contributed by atoms with Gasteiger partial charge in [0.15, 0.2) is 0 Å². The zero-order chi connectivity index (χ0) is 15.9. The molecule has 0 radical (unpaired) electrons. The minimum atomic E-state index is -0.0392. The summed E-state index contributed by atoms with van der Waals surface area (Å²) in [6, 6.07) is 7.84. The molecule has 5 nitrogen and oxygen atoms in total. The number of alkyl halides is 1. The number of rotatable bonds is 5. The van der Waals surface area contributed by atoms with E-state index in [1.54, 1.807) is 4.90 Å². The van der Waals surface area contributed by atoms with E-state index in [9.17, 15) is 9.59 Å². The van der Waals surface area contributed by atoms with Crippen LogP contribution in [0.15, 0.2) is 24.3 Å². The quantitative estimate of drug-likeness (QED) is 0.837. The van der Waals surface area contributed by atoms with Crippen LogP contribution in [-0.4, -0.2) is 60.2 Å². The van der Waals surface area contributed by atoms with Gasteiger partial charge in [0.2, 0.25) is 11.8 Å². The van der Waals surface area contributed by atoms with Crippen LogP contribution < -0.4 is 5.32 Å². The van der Waals surface area contributed by atoms with Crippen molar-refractivity contribution in [3.8, 4) is 0 Å². The van der Waals surface area contributed by atoms with Crippen molar-refractivity contribution in [2.24, 2.45) is 0 Å². The summed E-state index contributed by atoms with van der Waals surface area (Å²) >= 11 is 5.56. The number of hydrogen-bond donors (Lipinski definition) is 1. The second-order valence-electron chi connectivity index (χ2n) is 5.35. The molecule has 6 heteroatoms. The molecule has 1 aliphatic rings. The summed E-state index contributed by atoms with van der Waals surface area (Å²) in [6.45, 7) is 5.07. The molecule has 2 rings (SSSR count). The number of piperazine rings is 1. The zero-order valence-corrected chi connectivity index (χ0v) is 13.6. The van der Waals surface area contributed by atoms with Gasteiger partial charge < -0.3 is 10.2 Å². The van der Waals surface area contributed by atoms with Crippen LogP contribution in [0.3, 0.4) is 0 Å². The third-order valence-electron chi connectivity index (χ3n) is 3.88. The van der Waals surface area contributed by atoms with Crippen LogP contribution in [0, 0.1) is 0 Å². The molecular formula is C16H22ClN3O2. The molecule has 0 aliphatic carbocycles. The number of para-hydroxylation sites is 1. The lowest BCUT2D eigenvalue weighted by atomic mass is 10.1. The predicted octanol–water partition coefficient (Wildman–Crippen LogP) is 1.57. The monoisotopic (exact) mass is 323 g/mol. The van der Waals surface area contributed by atoms with E-state index in [0.29, 0.717) is 32.7 Å². The molecule has 22 heavy (non-hydrogen) atoms. The fourth-order valence-corrected chi connectivity index (χ4v) is 2.75. The smallest absolute Gasteiger partial charge is 0.238 e. The molecule has 0 unspecified atom stereocenters. The summed E-state index contributed by atoms with van der Waals surface area (Å²) in [4.78, 5) is 27.5. The Morgan fingerprint density at radius 1 is 1.18 bits per heavy atom. The van der Waals surface area contributed by atoms with Crippen molar-refractivity contribution in [2.45, 2.75) is 13.3 Å². The van der Waals surface area contributed by atoms with Gasteiger partial charge in [0.25, 0.3) is 0 Å². The second kappa shape index (κ2) is 8.15. The number of carbonyl (C=O) groups is 2. The van der Waals surface area contributed by atoms with Gasteiger partial charge in [-0.25, -0.2) is 0 Å². The number of hydrogen-bond acceptors (Lipinski definition) is 3. The number of amides is 2. The standard InChI is InChI=1S/C16H22ClN3O2/c1-2-13-5-3-4-6-14(13)18-15(21)12-19-7-9-20(10-8-19)16(22)11-17/h3-6H,2,7-12H2,1H3,(H,18,21). The maximum atomic E-state index is 12.2. The van der Waals surface area contributed by atoms with Crippen molar-refractivity contribution in [1.29, 1.82) is 0 Å². The highest BCUT2D eigenvalue weighted by atomic mass is 35.5. The van der Waals surface area contributed by atoms with E-state index >= 15 is 0 Å². The summed E-state index contributed by atoms with van der Waals surface area (Å²) in [5.41, 5.74) is 2.01. The van der Waals surface area contributed by atoms with E-state index in [4.69, 9.17) is 11.6 Å². The van der Waals surface area contributed by atoms with E-state index in [-0.39, 0.29) is 17.7 Å². The first-order chi connectivity index (χ1) is 10.6. The molecule has 1 N–H and O–H groups in total. The van der Waals surface area contributed by atoms with Crippen LogP contribution in [0.1, 0.15) is 12.5 Å². The Kier molecular flexibility index (Phi) is 6.21. The van der Waals surface area contributed by atoms with Crippen molar-refractivity contribution in [3.05, 3.63) is 29.8 Å². The van der Waals surface area contributed by atoms with Crippen LogP contribution in [0.5, 0.6) is 0 Å². The maximum Gasteiger partial charge on any atom is 0.238 e. The van der Waals surface area contributed by atoms with Gasteiger partial charge in [0.1, 0.15) is 5.88 Å². The Bertz CT molecular complexity index is 528. The van der Waals surface area contributed by atoms with Gasteiger partial charge in [0.05, 0.1) is 6.54 Å². The molecule has 0 bridgehead atoms. The minimum Gasteiger partial charge on any atom is -0.339 e. The maximum absolute atomic E-state index is 12.2. The highest BCUT2D eigenvalue weighted by Crippen LogP contribution is 2.15. The lowest BCUT2D eigenvalue weighted by Crippen LogP contribution is -2.50. The molecule has 0 aromatic heterocycles. The number of nitrogens with zero attached hydrogens (tertiary/aromatic N) is 2. The molecule has 0 spiro atoms.